The van der Waals surface area contributed by atoms with Gasteiger partial charge in [-0.1, -0.05) is 37.1 Å². The van der Waals surface area contributed by atoms with E-state index in [2.05, 4.69) is 17.6 Å². The minimum atomic E-state index is -0.787. The van der Waals surface area contributed by atoms with E-state index in [1.165, 1.54) is 0 Å². The maximum Gasteiger partial charge on any atom is 0.408 e. The van der Waals surface area contributed by atoms with E-state index >= 15 is 0 Å². The van der Waals surface area contributed by atoms with E-state index in [9.17, 15) is 14.4 Å². The van der Waals surface area contributed by atoms with E-state index in [0.29, 0.717) is 6.54 Å². The summed E-state index contributed by atoms with van der Waals surface area (Å²) in [5.74, 6) is -0.570. The van der Waals surface area contributed by atoms with Gasteiger partial charge in [-0.2, -0.15) is 0 Å². The van der Waals surface area contributed by atoms with Gasteiger partial charge in [-0.15, -0.1) is 0 Å². The van der Waals surface area contributed by atoms with Gasteiger partial charge in [0.15, 0.2) is 0 Å². The van der Waals surface area contributed by atoms with Crippen LogP contribution in [0.2, 0.25) is 0 Å². The van der Waals surface area contributed by atoms with E-state index in [-0.39, 0.29) is 24.4 Å². The Hall–Kier alpha value is -2.57. The molecule has 3 amide bonds. The number of alkyl carbamates (subject to hydrolysis) is 1. The number of benzene rings is 1. The smallest absolute Gasteiger partial charge is 0.408 e. The van der Waals surface area contributed by atoms with Crippen LogP contribution in [-0.4, -0.2) is 47.5 Å². The predicted octanol–water partition coefficient (Wildman–Crippen LogP) is 4.02. The van der Waals surface area contributed by atoms with Crippen LogP contribution in [0.5, 0.6) is 0 Å². The monoisotopic (exact) mass is 433 g/mol. The molecule has 0 spiro atoms. The molecule has 0 saturated carbocycles. The van der Waals surface area contributed by atoms with Crippen LogP contribution in [0.3, 0.4) is 0 Å². The zero-order valence-corrected chi connectivity index (χ0v) is 20.3. The van der Waals surface area contributed by atoms with Crippen LogP contribution in [0.4, 0.5) is 4.79 Å². The van der Waals surface area contributed by atoms with E-state index in [4.69, 9.17) is 4.74 Å². The number of unbranched alkanes of at least 4 members (excludes halogenated alkanes) is 1. The average Bonchev–Trinajstić information content (AvgIpc) is 2.64. The first-order valence-electron chi connectivity index (χ1n) is 11.0. The molecule has 1 atom stereocenters. The zero-order valence-electron chi connectivity index (χ0n) is 20.3. The quantitative estimate of drug-likeness (QED) is 0.576. The number of aryl methyl sites for hydroxylation is 2. The average molecular weight is 434 g/mol. The van der Waals surface area contributed by atoms with Gasteiger partial charge in [0.05, 0.1) is 0 Å². The molecule has 7 heteroatoms. The minimum absolute atomic E-state index is 0.221. The van der Waals surface area contributed by atoms with Crippen molar-refractivity contribution in [1.29, 1.82) is 0 Å². The first-order valence-corrected chi connectivity index (χ1v) is 11.0. The Morgan fingerprint density at radius 2 is 1.74 bits per heavy atom. The Morgan fingerprint density at radius 1 is 1.10 bits per heavy atom. The van der Waals surface area contributed by atoms with Crippen molar-refractivity contribution in [3.63, 3.8) is 0 Å². The van der Waals surface area contributed by atoms with Gasteiger partial charge < -0.3 is 20.3 Å². The minimum Gasteiger partial charge on any atom is -0.444 e. The van der Waals surface area contributed by atoms with Crippen LogP contribution in [0, 0.1) is 13.8 Å². The molecular formula is C24H39N3O4. The molecule has 31 heavy (non-hydrogen) atoms. The number of carbonyl (C=O) groups is 3. The summed E-state index contributed by atoms with van der Waals surface area (Å²) >= 11 is 0. The first kappa shape index (κ1) is 26.5. The largest absolute Gasteiger partial charge is 0.444 e. The summed E-state index contributed by atoms with van der Waals surface area (Å²) < 4.78 is 5.22. The lowest BCUT2D eigenvalue weighted by molar-refractivity contribution is -0.142. The van der Waals surface area contributed by atoms with Crippen molar-refractivity contribution in [3.05, 3.63) is 34.9 Å². The molecule has 0 aliphatic heterocycles. The van der Waals surface area contributed by atoms with Crippen LogP contribution < -0.4 is 10.6 Å². The fraction of sp³-hybridized carbons (Fsp3) is 0.625. The summed E-state index contributed by atoms with van der Waals surface area (Å²) in [7, 11) is 0. The van der Waals surface area contributed by atoms with Gasteiger partial charge >= 0.3 is 6.09 Å². The number of nitrogens with zero attached hydrogens (tertiary/aromatic N) is 1. The Kier molecular flexibility index (Phi) is 10.0. The lowest BCUT2D eigenvalue weighted by Gasteiger charge is -2.35. The first-order chi connectivity index (χ1) is 14.4. The highest BCUT2D eigenvalue weighted by molar-refractivity contribution is 5.91. The SMILES string of the molecule is CCCCNC(=O)C(c1cc(C)ccc1C)N(C(=O)CNC(=O)OC(C)(C)C)C(C)C. The van der Waals surface area contributed by atoms with Crippen molar-refractivity contribution in [2.45, 2.75) is 85.9 Å². The zero-order chi connectivity index (χ0) is 23.8. The van der Waals surface area contributed by atoms with Crippen molar-refractivity contribution in [3.8, 4) is 0 Å². The van der Waals surface area contributed by atoms with Gasteiger partial charge in [0.1, 0.15) is 18.2 Å². The van der Waals surface area contributed by atoms with Gasteiger partial charge in [-0.05, 0) is 66.0 Å². The third-order valence-electron chi connectivity index (χ3n) is 4.71. The predicted molar refractivity (Wildman–Crippen MR) is 123 cm³/mol. The molecular weight excluding hydrogens is 394 g/mol. The number of hydrogen-bond donors (Lipinski definition) is 2. The molecule has 0 bridgehead atoms. The maximum atomic E-state index is 13.2. The van der Waals surface area contributed by atoms with Gasteiger partial charge in [0, 0.05) is 12.6 Å². The van der Waals surface area contributed by atoms with Gasteiger partial charge in [0.25, 0.3) is 0 Å². The highest BCUT2D eigenvalue weighted by atomic mass is 16.6. The number of rotatable bonds is 9. The summed E-state index contributed by atoms with van der Waals surface area (Å²) in [5, 5.41) is 5.48. The lowest BCUT2D eigenvalue weighted by atomic mass is 9.95. The van der Waals surface area contributed by atoms with Gasteiger partial charge in [0.2, 0.25) is 11.8 Å². The summed E-state index contributed by atoms with van der Waals surface area (Å²) in [4.78, 5) is 40.0. The second-order valence-corrected chi connectivity index (χ2v) is 9.16. The number of amides is 3. The molecule has 0 aliphatic carbocycles. The fourth-order valence-electron chi connectivity index (χ4n) is 3.24. The molecule has 174 valence electrons. The van der Waals surface area contributed by atoms with Crippen molar-refractivity contribution >= 4 is 17.9 Å². The van der Waals surface area contributed by atoms with Crippen LogP contribution in [0.1, 0.15) is 77.1 Å². The molecule has 0 heterocycles. The summed E-state index contributed by atoms with van der Waals surface area (Å²) in [6.45, 7) is 15.2. The Balaban J connectivity index is 3.20. The second kappa shape index (κ2) is 11.7. The molecule has 7 nitrogen and oxygen atoms in total. The van der Waals surface area contributed by atoms with Crippen molar-refractivity contribution < 1.29 is 19.1 Å². The van der Waals surface area contributed by atoms with Crippen molar-refractivity contribution in [2.24, 2.45) is 0 Å². The van der Waals surface area contributed by atoms with Crippen LogP contribution >= 0.6 is 0 Å². The number of nitrogens with one attached hydrogen (secondary N) is 2. The lowest BCUT2D eigenvalue weighted by Crippen LogP contribution is -2.50. The fourth-order valence-corrected chi connectivity index (χ4v) is 3.24. The van der Waals surface area contributed by atoms with Crippen LogP contribution in [-0.2, 0) is 14.3 Å². The van der Waals surface area contributed by atoms with E-state index in [1.54, 1.807) is 25.7 Å². The molecule has 0 aromatic heterocycles. The van der Waals surface area contributed by atoms with Crippen molar-refractivity contribution in [1.82, 2.24) is 15.5 Å². The number of ether oxygens (including phenoxy) is 1. The number of hydrogen-bond acceptors (Lipinski definition) is 4. The molecule has 1 rings (SSSR count). The van der Waals surface area contributed by atoms with E-state index < -0.39 is 17.7 Å². The topological polar surface area (TPSA) is 87.7 Å². The molecule has 1 unspecified atom stereocenters. The van der Waals surface area contributed by atoms with Crippen LogP contribution in [0.15, 0.2) is 18.2 Å². The Morgan fingerprint density at radius 3 is 2.29 bits per heavy atom. The molecule has 0 radical (unpaired) electrons. The van der Waals surface area contributed by atoms with E-state index in [0.717, 1.165) is 29.5 Å². The summed E-state index contributed by atoms with van der Waals surface area (Å²) in [6, 6.07) is 4.85. The van der Waals surface area contributed by atoms with E-state index in [1.807, 2.05) is 45.9 Å². The molecule has 1 aromatic rings. The highest BCUT2D eigenvalue weighted by Crippen LogP contribution is 2.27. The molecule has 0 aliphatic rings. The molecule has 0 fully saturated rings. The second-order valence-electron chi connectivity index (χ2n) is 9.16. The Labute approximate surface area is 186 Å². The maximum absolute atomic E-state index is 13.2. The molecule has 2 N–H and O–H groups in total. The number of carbonyl (C=O) groups excluding carboxylic acids is 3. The van der Waals surface area contributed by atoms with Gasteiger partial charge in [-0.25, -0.2) is 4.79 Å². The third-order valence-corrected chi connectivity index (χ3v) is 4.71. The normalized spacial score (nSPS) is 12.3. The summed E-state index contributed by atoms with van der Waals surface area (Å²) in [5.41, 5.74) is 2.06. The highest BCUT2D eigenvalue weighted by Gasteiger charge is 2.34. The molecule has 1 aromatic carbocycles. The Bertz CT molecular complexity index is 769. The van der Waals surface area contributed by atoms with Crippen molar-refractivity contribution in [2.75, 3.05) is 13.1 Å². The van der Waals surface area contributed by atoms with Crippen LogP contribution in [0.25, 0.3) is 0 Å². The van der Waals surface area contributed by atoms with Gasteiger partial charge in [-0.3, -0.25) is 9.59 Å². The molecule has 0 saturated heterocycles. The third kappa shape index (κ3) is 8.59. The summed E-state index contributed by atoms with van der Waals surface area (Å²) in [6.07, 6.45) is 1.16. The standard InChI is InChI=1S/C24H39N3O4/c1-9-10-13-25-22(29)21(19-14-17(4)11-12-18(19)5)27(16(2)3)20(28)15-26-23(30)31-24(6,7)8/h11-12,14,16,21H,9-10,13,15H2,1-8H3,(H,25,29)(H,26,30).